The van der Waals surface area contributed by atoms with Crippen LogP contribution in [0.15, 0.2) is 83.4 Å². The number of phenols is 1. The molecule has 1 aromatic heterocycles. The quantitative estimate of drug-likeness (QED) is 0.510. The molecule has 0 saturated heterocycles. The van der Waals surface area contributed by atoms with Crippen LogP contribution in [0.3, 0.4) is 0 Å². The molecule has 0 spiro atoms. The Morgan fingerprint density at radius 2 is 1.85 bits per heavy atom. The monoisotopic (exact) mass is 363 g/mol. The van der Waals surface area contributed by atoms with Gasteiger partial charge in [0, 0.05) is 23.2 Å². The van der Waals surface area contributed by atoms with E-state index >= 15 is 0 Å². The minimum atomic E-state index is -0.236. The normalized spacial score (nSPS) is 10.3. The predicted molar refractivity (Wildman–Crippen MR) is 102 cm³/mol. The number of benzene rings is 2. The summed E-state index contributed by atoms with van der Waals surface area (Å²) in [6.45, 7) is 3.43. The van der Waals surface area contributed by atoms with Crippen molar-refractivity contribution >= 4 is 23.4 Å². The van der Waals surface area contributed by atoms with Crippen LogP contribution in [-0.4, -0.2) is 21.0 Å². The summed E-state index contributed by atoms with van der Waals surface area (Å²) in [5.74, 6) is 0.724. The average molecular weight is 363 g/mol. The number of nitrogens with one attached hydrogen (secondary N) is 1. The van der Waals surface area contributed by atoms with Crippen LogP contribution >= 0.6 is 11.8 Å². The second-order valence-electron chi connectivity index (χ2n) is 5.47. The highest BCUT2D eigenvalue weighted by atomic mass is 32.2. The summed E-state index contributed by atoms with van der Waals surface area (Å²) in [6, 6.07) is 16.4. The number of anilines is 1. The third-order valence-corrected chi connectivity index (χ3v) is 4.45. The number of aromatic nitrogens is 2. The van der Waals surface area contributed by atoms with E-state index in [1.807, 2.05) is 42.5 Å². The van der Waals surface area contributed by atoms with E-state index in [1.54, 1.807) is 18.3 Å². The van der Waals surface area contributed by atoms with Crippen LogP contribution in [0.25, 0.3) is 0 Å². The number of hydrogen-bond donors (Lipinski definition) is 2. The Balaban J connectivity index is 1.67. The van der Waals surface area contributed by atoms with E-state index in [0.717, 1.165) is 27.0 Å². The maximum Gasteiger partial charge on any atom is 0.247 e. The van der Waals surface area contributed by atoms with Crippen molar-refractivity contribution < 1.29 is 9.90 Å². The van der Waals surface area contributed by atoms with Crippen LogP contribution in [0.1, 0.15) is 11.4 Å². The highest BCUT2D eigenvalue weighted by Gasteiger charge is 2.04. The van der Waals surface area contributed by atoms with E-state index in [1.165, 1.54) is 17.8 Å². The lowest BCUT2D eigenvalue weighted by Crippen LogP contribution is -2.06. The van der Waals surface area contributed by atoms with E-state index in [4.69, 9.17) is 0 Å². The maximum atomic E-state index is 11.3. The number of hydrogen-bond acceptors (Lipinski definition) is 5. The number of nitrogens with zero attached hydrogens (tertiary/aromatic N) is 2. The van der Waals surface area contributed by atoms with E-state index in [2.05, 4.69) is 21.9 Å². The lowest BCUT2D eigenvalue weighted by atomic mass is 10.1. The molecule has 3 rings (SSSR count). The molecule has 0 aliphatic rings. The van der Waals surface area contributed by atoms with Crippen molar-refractivity contribution in [1.82, 2.24) is 9.97 Å². The first-order valence-corrected chi connectivity index (χ1v) is 8.75. The molecule has 0 atom stereocenters. The summed E-state index contributed by atoms with van der Waals surface area (Å²) in [4.78, 5) is 21.2. The molecule has 5 nitrogen and oxygen atoms in total. The van der Waals surface area contributed by atoms with Crippen LogP contribution in [0.5, 0.6) is 5.75 Å². The Morgan fingerprint density at radius 3 is 2.54 bits per heavy atom. The summed E-state index contributed by atoms with van der Waals surface area (Å²) >= 11 is 1.52. The molecular weight excluding hydrogens is 346 g/mol. The summed E-state index contributed by atoms with van der Waals surface area (Å²) in [7, 11) is 0. The minimum Gasteiger partial charge on any atom is -0.508 e. The third kappa shape index (κ3) is 4.94. The second kappa shape index (κ2) is 8.31. The van der Waals surface area contributed by atoms with Gasteiger partial charge >= 0.3 is 0 Å². The molecule has 6 heteroatoms. The molecule has 130 valence electrons. The van der Waals surface area contributed by atoms with Gasteiger partial charge in [-0.05, 0) is 54.1 Å². The number of carbonyl (C=O) groups excluding carboxylic acids is 1. The number of phenolic OH excluding ortho intramolecular Hbond substituents is 1. The topological polar surface area (TPSA) is 75.1 Å². The van der Waals surface area contributed by atoms with Gasteiger partial charge in [-0.15, -0.1) is 0 Å². The van der Waals surface area contributed by atoms with Gasteiger partial charge < -0.3 is 10.4 Å². The molecule has 2 N–H and O–H groups in total. The number of aromatic hydroxyl groups is 1. The van der Waals surface area contributed by atoms with Crippen LogP contribution < -0.4 is 5.32 Å². The molecule has 0 unspecified atom stereocenters. The Kier molecular flexibility index (Phi) is 5.66. The van der Waals surface area contributed by atoms with Gasteiger partial charge in [0.1, 0.15) is 16.6 Å². The molecule has 0 radical (unpaired) electrons. The smallest absolute Gasteiger partial charge is 0.247 e. The lowest BCUT2D eigenvalue weighted by Gasteiger charge is -2.06. The van der Waals surface area contributed by atoms with Crippen LogP contribution in [-0.2, 0) is 11.2 Å². The zero-order valence-corrected chi connectivity index (χ0v) is 14.7. The molecule has 26 heavy (non-hydrogen) atoms. The first kappa shape index (κ1) is 17.7. The largest absolute Gasteiger partial charge is 0.508 e. The Bertz CT molecular complexity index is 909. The molecule has 0 fully saturated rings. The van der Waals surface area contributed by atoms with E-state index in [-0.39, 0.29) is 11.7 Å². The number of rotatable bonds is 6. The number of carbonyl (C=O) groups is 1. The maximum absolute atomic E-state index is 11.3. The fraction of sp³-hybridized carbons (Fsp3) is 0.0500. The predicted octanol–water partition coefficient (Wildman–Crippen LogP) is 4.05. The summed E-state index contributed by atoms with van der Waals surface area (Å²) < 4.78 is 0. The SMILES string of the molecule is C=CC(=O)Nc1ccc(Sc2ccnc(Cc3ccc(O)cc3)n2)cc1. The van der Waals surface area contributed by atoms with E-state index in [0.29, 0.717) is 6.42 Å². The second-order valence-corrected chi connectivity index (χ2v) is 6.57. The molecule has 0 aliphatic carbocycles. The fourth-order valence-electron chi connectivity index (χ4n) is 2.24. The summed E-state index contributed by atoms with van der Waals surface area (Å²) in [5.41, 5.74) is 1.75. The first-order chi connectivity index (χ1) is 12.6. The fourth-order valence-corrected chi connectivity index (χ4v) is 3.03. The zero-order valence-electron chi connectivity index (χ0n) is 13.9. The Labute approximate surface area is 155 Å². The summed E-state index contributed by atoms with van der Waals surface area (Å²) in [5, 5.41) is 12.9. The summed E-state index contributed by atoms with van der Waals surface area (Å²) in [6.07, 6.45) is 3.57. The van der Waals surface area contributed by atoms with Crippen molar-refractivity contribution in [2.45, 2.75) is 16.3 Å². The Hall–Kier alpha value is -3.12. The molecule has 1 heterocycles. The van der Waals surface area contributed by atoms with Gasteiger partial charge in [-0.25, -0.2) is 9.97 Å². The van der Waals surface area contributed by atoms with E-state index in [9.17, 15) is 9.90 Å². The molecule has 2 aromatic carbocycles. The third-order valence-electron chi connectivity index (χ3n) is 3.51. The van der Waals surface area contributed by atoms with Gasteiger partial charge in [0.25, 0.3) is 0 Å². The van der Waals surface area contributed by atoms with Gasteiger partial charge in [0.05, 0.1) is 0 Å². The van der Waals surface area contributed by atoms with Gasteiger partial charge in [-0.3, -0.25) is 4.79 Å². The van der Waals surface area contributed by atoms with E-state index < -0.39 is 0 Å². The molecule has 3 aromatic rings. The molecular formula is C20H17N3O2S. The molecule has 0 bridgehead atoms. The molecule has 0 aliphatic heterocycles. The minimum absolute atomic E-state index is 0.236. The van der Waals surface area contributed by atoms with Crippen molar-refractivity contribution in [2.75, 3.05) is 5.32 Å². The highest BCUT2D eigenvalue weighted by Crippen LogP contribution is 2.27. The van der Waals surface area contributed by atoms with Gasteiger partial charge in [-0.2, -0.15) is 0 Å². The Morgan fingerprint density at radius 1 is 1.12 bits per heavy atom. The van der Waals surface area contributed by atoms with Crippen LogP contribution in [0.2, 0.25) is 0 Å². The molecule has 1 amide bonds. The van der Waals surface area contributed by atoms with Gasteiger partial charge in [-0.1, -0.05) is 30.5 Å². The van der Waals surface area contributed by atoms with Gasteiger partial charge in [0.15, 0.2) is 0 Å². The van der Waals surface area contributed by atoms with Crippen LogP contribution in [0.4, 0.5) is 5.69 Å². The lowest BCUT2D eigenvalue weighted by molar-refractivity contribution is -0.111. The highest BCUT2D eigenvalue weighted by molar-refractivity contribution is 7.99. The van der Waals surface area contributed by atoms with Crippen molar-refractivity contribution in [3.63, 3.8) is 0 Å². The van der Waals surface area contributed by atoms with Crippen LogP contribution in [0, 0.1) is 0 Å². The number of amides is 1. The van der Waals surface area contributed by atoms with Crippen molar-refractivity contribution in [3.05, 3.63) is 84.8 Å². The zero-order chi connectivity index (χ0) is 18.4. The first-order valence-electron chi connectivity index (χ1n) is 7.93. The average Bonchev–Trinajstić information content (AvgIpc) is 2.65. The van der Waals surface area contributed by atoms with Crippen molar-refractivity contribution in [1.29, 1.82) is 0 Å². The standard InChI is InChI=1S/C20H17N3O2S/c1-2-19(25)22-15-5-9-17(10-6-15)26-20-11-12-21-18(23-20)13-14-3-7-16(24)8-4-14/h2-12,24H,1,13H2,(H,22,25). The van der Waals surface area contributed by atoms with Crippen molar-refractivity contribution in [2.24, 2.45) is 0 Å². The van der Waals surface area contributed by atoms with Crippen molar-refractivity contribution in [3.8, 4) is 5.75 Å². The molecule has 0 saturated carbocycles. The van der Waals surface area contributed by atoms with Gasteiger partial charge in [0.2, 0.25) is 5.91 Å².